The number of carbonyl (C=O) groups is 2. The first-order chi connectivity index (χ1) is 17.9. The first kappa shape index (κ1) is 25.4. The molecule has 0 radical (unpaired) electrons. The SMILES string of the molecule is CCOC(=O)c1cccc(-c2ncc3c(n2)CCN([C@H]2CC[C@@](CN)(c4cccc(Cl)c4)CC2)C3=O)c1. The smallest absolute Gasteiger partial charge is 0.338 e. The van der Waals surface area contributed by atoms with Gasteiger partial charge in [0, 0.05) is 47.8 Å². The van der Waals surface area contributed by atoms with Gasteiger partial charge in [-0.25, -0.2) is 14.8 Å². The number of halogens is 1. The van der Waals surface area contributed by atoms with Crippen LogP contribution in [-0.2, 0) is 16.6 Å². The van der Waals surface area contributed by atoms with Crippen molar-refractivity contribution >= 4 is 23.5 Å². The average molecular weight is 519 g/mol. The van der Waals surface area contributed by atoms with Gasteiger partial charge in [0.2, 0.25) is 0 Å². The van der Waals surface area contributed by atoms with Gasteiger partial charge in [-0.05, 0) is 62.4 Å². The van der Waals surface area contributed by atoms with Crippen molar-refractivity contribution in [1.82, 2.24) is 14.9 Å². The van der Waals surface area contributed by atoms with Crippen LogP contribution in [0.2, 0.25) is 5.02 Å². The van der Waals surface area contributed by atoms with E-state index in [1.807, 2.05) is 29.2 Å². The zero-order valence-corrected chi connectivity index (χ0v) is 21.7. The van der Waals surface area contributed by atoms with Crippen molar-refractivity contribution in [2.24, 2.45) is 5.73 Å². The Balaban J connectivity index is 1.31. The highest BCUT2D eigenvalue weighted by Gasteiger charge is 2.40. The van der Waals surface area contributed by atoms with E-state index in [0.29, 0.717) is 43.1 Å². The number of fused-ring (bicyclic) bond motifs is 1. The summed E-state index contributed by atoms with van der Waals surface area (Å²) in [6, 6.07) is 15.2. The summed E-state index contributed by atoms with van der Waals surface area (Å²) in [7, 11) is 0. The highest BCUT2D eigenvalue weighted by molar-refractivity contribution is 6.30. The molecule has 0 spiro atoms. The molecule has 1 amide bonds. The van der Waals surface area contributed by atoms with E-state index in [-0.39, 0.29) is 23.3 Å². The molecule has 1 aliphatic carbocycles. The maximum atomic E-state index is 13.5. The van der Waals surface area contributed by atoms with Crippen LogP contribution in [0.4, 0.5) is 0 Å². The lowest BCUT2D eigenvalue weighted by Gasteiger charge is -2.44. The molecule has 7 nitrogen and oxygen atoms in total. The second kappa shape index (κ2) is 10.6. The third-order valence-electron chi connectivity index (χ3n) is 7.76. The highest BCUT2D eigenvalue weighted by Crippen LogP contribution is 2.41. The molecule has 1 aliphatic heterocycles. The highest BCUT2D eigenvalue weighted by atomic mass is 35.5. The Hall–Kier alpha value is -3.29. The van der Waals surface area contributed by atoms with Crippen LogP contribution in [0.15, 0.2) is 54.7 Å². The third-order valence-corrected chi connectivity index (χ3v) is 8.00. The summed E-state index contributed by atoms with van der Waals surface area (Å²) in [5.41, 5.74) is 9.83. The summed E-state index contributed by atoms with van der Waals surface area (Å²) in [6.07, 6.45) is 5.91. The van der Waals surface area contributed by atoms with Gasteiger partial charge in [-0.3, -0.25) is 4.79 Å². The minimum atomic E-state index is -0.380. The molecule has 1 aromatic heterocycles. The molecular weight excluding hydrogens is 488 g/mol. The molecule has 0 saturated heterocycles. The summed E-state index contributed by atoms with van der Waals surface area (Å²) in [6.45, 7) is 3.27. The van der Waals surface area contributed by atoms with Gasteiger partial charge >= 0.3 is 5.97 Å². The fraction of sp³-hybridized carbons (Fsp3) is 0.379. The Morgan fingerprint density at radius 2 is 1.97 bits per heavy atom. The second-order valence-corrected chi connectivity index (χ2v) is 10.3. The van der Waals surface area contributed by atoms with Crippen molar-refractivity contribution in [3.05, 3.63) is 82.1 Å². The Bertz CT molecular complexity index is 1320. The number of esters is 1. The van der Waals surface area contributed by atoms with E-state index < -0.39 is 0 Å². The van der Waals surface area contributed by atoms with E-state index in [1.54, 1.807) is 31.3 Å². The van der Waals surface area contributed by atoms with Crippen LogP contribution in [0, 0.1) is 0 Å². The normalized spacial score (nSPS) is 21.4. The molecule has 1 saturated carbocycles. The first-order valence-electron chi connectivity index (χ1n) is 12.8. The van der Waals surface area contributed by atoms with Gasteiger partial charge in [-0.2, -0.15) is 0 Å². The summed E-state index contributed by atoms with van der Waals surface area (Å²) in [5, 5.41) is 0.724. The number of rotatable bonds is 6. The zero-order valence-electron chi connectivity index (χ0n) is 21.0. The van der Waals surface area contributed by atoms with Crippen molar-refractivity contribution in [3.63, 3.8) is 0 Å². The fourth-order valence-electron chi connectivity index (χ4n) is 5.65. The van der Waals surface area contributed by atoms with E-state index in [0.717, 1.165) is 42.0 Å². The fourth-order valence-corrected chi connectivity index (χ4v) is 5.84. The Morgan fingerprint density at radius 1 is 1.19 bits per heavy atom. The van der Waals surface area contributed by atoms with Crippen LogP contribution in [0.1, 0.15) is 64.6 Å². The van der Waals surface area contributed by atoms with Crippen LogP contribution >= 0.6 is 11.6 Å². The molecule has 3 aromatic rings. The minimum absolute atomic E-state index is 0.0129. The van der Waals surface area contributed by atoms with Gasteiger partial charge in [0.25, 0.3) is 5.91 Å². The topological polar surface area (TPSA) is 98.4 Å². The number of hydrogen-bond donors (Lipinski definition) is 1. The van der Waals surface area contributed by atoms with Crippen molar-refractivity contribution < 1.29 is 14.3 Å². The van der Waals surface area contributed by atoms with E-state index in [4.69, 9.17) is 27.1 Å². The number of carbonyl (C=O) groups excluding carboxylic acids is 2. The van der Waals surface area contributed by atoms with Gasteiger partial charge in [-0.15, -0.1) is 0 Å². The average Bonchev–Trinajstić information content (AvgIpc) is 2.93. The van der Waals surface area contributed by atoms with Crippen molar-refractivity contribution in [2.45, 2.75) is 50.5 Å². The molecule has 0 bridgehead atoms. The van der Waals surface area contributed by atoms with Crippen molar-refractivity contribution in [3.8, 4) is 11.4 Å². The third kappa shape index (κ3) is 4.98. The molecule has 2 N–H and O–H groups in total. The van der Waals surface area contributed by atoms with Crippen molar-refractivity contribution in [1.29, 1.82) is 0 Å². The van der Waals surface area contributed by atoms with Crippen LogP contribution in [0.3, 0.4) is 0 Å². The number of nitrogens with zero attached hydrogens (tertiary/aromatic N) is 3. The summed E-state index contributed by atoms with van der Waals surface area (Å²) in [5.74, 6) is 0.105. The summed E-state index contributed by atoms with van der Waals surface area (Å²) in [4.78, 5) is 36.8. The summed E-state index contributed by atoms with van der Waals surface area (Å²) >= 11 is 6.26. The lowest BCUT2D eigenvalue weighted by molar-refractivity contribution is 0.0525. The van der Waals surface area contributed by atoms with E-state index in [2.05, 4.69) is 11.1 Å². The van der Waals surface area contributed by atoms with Gasteiger partial charge in [-0.1, -0.05) is 35.9 Å². The first-order valence-corrected chi connectivity index (χ1v) is 13.2. The van der Waals surface area contributed by atoms with Crippen LogP contribution < -0.4 is 5.73 Å². The predicted molar refractivity (Wildman–Crippen MR) is 143 cm³/mol. The number of aromatic nitrogens is 2. The number of benzene rings is 2. The minimum Gasteiger partial charge on any atom is -0.462 e. The van der Waals surface area contributed by atoms with Crippen LogP contribution in [0.5, 0.6) is 0 Å². The van der Waals surface area contributed by atoms with E-state index in [9.17, 15) is 9.59 Å². The quantitative estimate of drug-likeness (QED) is 0.470. The molecule has 37 heavy (non-hydrogen) atoms. The Morgan fingerprint density at radius 3 is 2.70 bits per heavy atom. The van der Waals surface area contributed by atoms with E-state index >= 15 is 0 Å². The molecule has 0 atom stereocenters. The molecule has 2 aliphatic rings. The van der Waals surface area contributed by atoms with Gasteiger partial charge < -0.3 is 15.4 Å². The van der Waals surface area contributed by atoms with E-state index in [1.165, 1.54) is 5.56 Å². The maximum absolute atomic E-state index is 13.5. The largest absolute Gasteiger partial charge is 0.462 e. The van der Waals surface area contributed by atoms with Gasteiger partial charge in [0.15, 0.2) is 5.82 Å². The predicted octanol–water partition coefficient (Wildman–Crippen LogP) is 4.81. The Kier molecular flexibility index (Phi) is 7.26. The van der Waals surface area contributed by atoms with Crippen molar-refractivity contribution in [2.75, 3.05) is 19.7 Å². The molecular formula is C29H31ClN4O3. The molecule has 2 aromatic carbocycles. The molecule has 0 unspecified atom stereocenters. The standard InChI is InChI=1S/C29H31ClN4O3/c1-2-37-28(36)20-6-3-5-19(15-20)26-32-17-24-25(33-26)11-14-34(27(24)35)23-9-12-29(18-31,13-10-23)21-7-4-8-22(30)16-21/h3-8,15-17,23H,2,9-14,18,31H2,1H3/t23-,29+. The maximum Gasteiger partial charge on any atom is 0.338 e. The Labute approximate surface area is 222 Å². The summed E-state index contributed by atoms with van der Waals surface area (Å²) < 4.78 is 5.10. The molecule has 2 heterocycles. The number of ether oxygens (including phenoxy) is 1. The van der Waals surface area contributed by atoms with Crippen LogP contribution in [-0.4, -0.2) is 52.5 Å². The van der Waals surface area contributed by atoms with Gasteiger partial charge in [0.05, 0.1) is 23.4 Å². The number of hydrogen-bond acceptors (Lipinski definition) is 6. The monoisotopic (exact) mass is 518 g/mol. The second-order valence-electron chi connectivity index (χ2n) is 9.83. The lowest BCUT2D eigenvalue weighted by atomic mass is 9.68. The number of amides is 1. The van der Waals surface area contributed by atoms with Gasteiger partial charge in [0.1, 0.15) is 0 Å². The molecule has 192 valence electrons. The number of nitrogens with two attached hydrogens (primary N) is 1. The van der Waals surface area contributed by atoms with Crippen LogP contribution in [0.25, 0.3) is 11.4 Å². The molecule has 1 fully saturated rings. The molecule has 8 heteroatoms. The lowest BCUT2D eigenvalue weighted by Crippen LogP contribution is -2.49. The zero-order chi connectivity index (χ0) is 26.0. The molecule has 5 rings (SSSR count).